The number of ether oxygens (including phenoxy) is 3. The average molecular weight is 787 g/mol. The van der Waals surface area contributed by atoms with Gasteiger partial charge in [0.1, 0.15) is 18.4 Å². The molecule has 4 aromatic rings. The quantitative estimate of drug-likeness (QED) is 0.0920. The smallest absolute Gasteiger partial charge is 0.251 e. The molecule has 5 rings (SSSR count). The monoisotopic (exact) mass is 786 g/mol. The van der Waals surface area contributed by atoms with E-state index in [2.05, 4.69) is 25.9 Å². The van der Waals surface area contributed by atoms with E-state index in [-0.39, 0.29) is 61.8 Å². The number of nitrogen functional groups attached to an aromatic ring is 1. The molecule has 0 aliphatic carbocycles. The van der Waals surface area contributed by atoms with Crippen LogP contribution in [0.25, 0.3) is 22.4 Å². The Labute approximate surface area is 332 Å². The molecule has 0 radical (unpaired) electrons. The van der Waals surface area contributed by atoms with Crippen molar-refractivity contribution in [1.29, 1.82) is 0 Å². The molecule has 1 unspecified atom stereocenters. The molecule has 1 aliphatic heterocycles. The number of nitrogens with zero attached hydrogens (tertiary/aromatic N) is 5. The molecule has 3 amide bonds. The second-order valence-corrected chi connectivity index (χ2v) is 15.2. The van der Waals surface area contributed by atoms with Crippen molar-refractivity contribution in [3.05, 3.63) is 78.1 Å². The van der Waals surface area contributed by atoms with E-state index < -0.39 is 23.5 Å². The van der Waals surface area contributed by atoms with Crippen LogP contribution in [0.2, 0.25) is 0 Å². The van der Waals surface area contributed by atoms with E-state index in [4.69, 9.17) is 19.9 Å². The van der Waals surface area contributed by atoms with Crippen LogP contribution in [0, 0.1) is 5.41 Å². The van der Waals surface area contributed by atoms with Crippen molar-refractivity contribution in [3.63, 3.8) is 0 Å². The number of amides is 3. The van der Waals surface area contributed by atoms with E-state index in [1.54, 1.807) is 52.2 Å². The van der Waals surface area contributed by atoms with E-state index in [0.717, 1.165) is 11.1 Å². The lowest BCUT2D eigenvalue weighted by molar-refractivity contribution is -0.141. The van der Waals surface area contributed by atoms with Crippen molar-refractivity contribution in [3.8, 4) is 28.1 Å². The molecule has 57 heavy (non-hydrogen) atoms. The zero-order valence-electron chi connectivity index (χ0n) is 33.2. The van der Waals surface area contributed by atoms with Gasteiger partial charge in [-0.25, -0.2) is 0 Å². The number of aromatic hydroxyl groups is 1. The molecule has 3 heterocycles. The maximum Gasteiger partial charge on any atom is 0.251 e. The first kappa shape index (κ1) is 42.7. The number of β-amino-alcohol motifs (C(OH)–C–C–N with tert-alkyl or cyclic N) is 1. The molecule has 1 aliphatic rings. The number of phenolic OH excluding ortho intramolecular Hbond substituents is 1. The summed E-state index contributed by atoms with van der Waals surface area (Å²) >= 11 is 0. The molecular formula is C41H54N8O8. The number of nitrogens with two attached hydrogens (primary N) is 1. The zero-order chi connectivity index (χ0) is 41.1. The van der Waals surface area contributed by atoms with E-state index in [9.17, 15) is 24.6 Å². The Balaban J connectivity index is 0.955. The summed E-state index contributed by atoms with van der Waals surface area (Å²) in [5.41, 5.74) is 9.53. The van der Waals surface area contributed by atoms with Crippen LogP contribution < -0.4 is 16.4 Å². The Morgan fingerprint density at radius 2 is 1.65 bits per heavy atom. The lowest BCUT2D eigenvalue weighted by Crippen LogP contribution is -2.56. The third-order valence-corrected chi connectivity index (χ3v) is 9.73. The predicted molar refractivity (Wildman–Crippen MR) is 213 cm³/mol. The predicted octanol–water partition coefficient (Wildman–Crippen LogP) is 3.20. The topological polar surface area (TPSA) is 216 Å². The largest absolute Gasteiger partial charge is 0.507 e. The van der Waals surface area contributed by atoms with Gasteiger partial charge in [-0.1, -0.05) is 45.0 Å². The Hall–Kier alpha value is -5.42. The second kappa shape index (κ2) is 19.6. The van der Waals surface area contributed by atoms with Crippen LogP contribution in [0.4, 0.5) is 5.82 Å². The molecule has 0 spiro atoms. The van der Waals surface area contributed by atoms with Gasteiger partial charge in [-0.2, -0.15) is 5.10 Å². The van der Waals surface area contributed by atoms with Crippen molar-refractivity contribution in [1.82, 2.24) is 35.5 Å². The lowest BCUT2D eigenvalue weighted by Gasteiger charge is -2.35. The second-order valence-electron chi connectivity index (χ2n) is 15.2. The number of likely N-dealkylation sites (tertiary alicyclic amines) is 1. The first-order valence-electron chi connectivity index (χ1n) is 19.1. The fraction of sp³-hybridized carbons (Fsp3) is 0.463. The van der Waals surface area contributed by atoms with Crippen LogP contribution in [0.3, 0.4) is 0 Å². The van der Waals surface area contributed by atoms with Gasteiger partial charge in [0.05, 0.1) is 57.1 Å². The van der Waals surface area contributed by atoms with E-state index >= 15 is 0 Å². The van der Waals surface area contributed by atoms with Crippen molar-refractivity contribution in [2.75, 3.05) is 58.5 Å². The SMILES string of the molecule is CC(c1ccc(C(=O)NCCOCCOCCOCC(=O)N[C@H](C(=O)N2C[C@H](O)C[C@H]2C)C(C)(C)C)cc1)n1cc(-c2cc(-c3ccccc3O)nnc2N)cn1. The highest BCUT2D eigenvalue weighted by Crippen LogP contribution is 2.33. The van der Waals surface area contributed by atoms with Crippen molar-refractivity contribution >= 4 is 23.5 Å². The van der Waals surface area contributed by atoms with Gasteiger partial charge in [-0.3, -0.25) is 19.1 Å². The number of hydrogen-bond donors (Lipinski definition) is 5. The van der Waals surface area contributed by atoms with E-state index in [1.807, 2.05) is 59.0 Å². The highest BCUT2D eigenvalue weighted by Gasteiger charge is 2.40. The molecular weight excluding hydrogens is 732 g/mol. The summed E-state index contributed by atoms with van der Waals surface area (Å²) in [5, 5.41) is 38.7. The number of hydrogen-bond acceptors (Lipinski definition) is 12. The van der Waals surface area contributed by atoms with Gasteiger partial charge in [-0.15, -0.1) is 10.2 Å². The number of carbonyl (C=O) groups is 3. The number of rotatable bonds is 18. The van der Waals surface area contributed by atoms with Gasteiger partial charge in [0.25, 0.3) is 5.91 Å². The Morgan fingerprint density at radius 3 is 2.32 bits per heavy atom. The number of para-hydroxylation sites is 1. The maximum atomic E-state index is 13.2. The van der Waals surface area contributed by atoms with Crippen LogP contribution >= 0.6 is 0 Å². The number of aliphatic hydroxyl groups is 1. The average Bonchev–Trinajstić information content (AvgIpc) is 3.81. The molecule has 6 N–H and O–H groups in total. The number of carbonyl (C=O) groups excluding carboxylic acids is 3. The number of aliphatic hydroxyl groups excluding tert-OH is 1. The summed E-state index contributed by atoms with van der Waals surface area (Å²) in [5.74, 6) is -0.491. The highest BCUT2D eigenvalue weighted by atomic mass is 16.5. The standard InChI is InChI=1S/C41H54N8O8/c1-26-20-31(50)24-48(26)40(54)37(41(3,4)5)45-36(52)25-57-19-18-56-17-16-55-15-14-43-39(53)29-12-10-28(11-13-29)27(2)49-23-30(22-44-49)33-21-34(46-47-38(33)42)32-8-6-7-9-35(32)51/h6-13,21-23,26-27,31,37,50-51H,14-20,24-25H2,1-5H3,(H2,42,47)(H,43,53)(H,45,52)/t26-,27?,31-,37-/m1/s1. The lowest BCUT2D eigenvalue weighted by atomic mass is 9.85. The van der Waals surface area contributed by atoms with Crippen molar-refractivity contribution in [2.45, 2.75) is 65.3 Å². The molecule has 0 bridgehead atoms. The molecule has 306 valence electrons. The number of benzene rings is 2. The van der Waals surface area contributed by atoms with Gasteiger partial charge in [-0.05, 0) is 61.6 Å². The van der Waals surface area contributed by atoms with Crippen molar-refractivity contribution in [2.24, 2.45) is 5.41 Å². The molecule has 1 saturated heterocycles. The summed E-state index contributed by atoms with van der Waals surface area (Å²) in [6.45, 7) is 11.3. The van der Waals surface area contributed by atoms with Gasteiger partial charge in [0.2, 0.25) is 11.8 Å². The van der Waals surface area contributed by atoms with E-state index in [0.29, 0.717) is 55.2 Å². The van der Waals surface area contributed by atoms with Gasteiger partial charge in [0.15, 0.2) is 5.82 Å². The third-order valence-electron chi connectivity index (χ3n) is 9.73. The number of aromatic nitrogens is 4. The number of phenols is 1. The maximum absolute atomic E-state index is 13.2. The first-order valence-corrected chi connectivity index (χ1v) is 19.1. The van der Waals surface area contributed by atoms with Gasteiger partial charge >= 0.3 is 0 Å². The summed E-state index contributed by atoms with van der Waals surface area (Å²) in [4.78, 5) is 40.1. The molecule has 4 atom stereocenters. The summed E-state index contributed by atoms with van der Waals surface area (Å²) < 4.78 is 18.3. The third kappa shape index (κ3) is 11.6. The fourth-order valence-electron chi connectivity index (χ4n) is 6.48. The Bertz CT molecular complexity index is 1960. The molecule has 1 fully saturated rings. The number of nitrogens with one attached hydrogen (secondary N) is 2. The van der Waals surface area contributed by atoms with Crippen LogP contribution in [-0.4, -0.2) is 124 Å². The fourth-order valence-corrected chi connectivity index (χ4v) is 6.48. The first-order chi connectivity index (χ1) is 27.2. The normalized spacial score (nSPS) is 16.6. The minimum absolute atomic E-state index is 0.0936. The summed E-state index contributed by atoms with van der Waals surface area (Å²) in [6.07, 6.45) is 3.53. The Kier molecular flexibility index (Phi) is 14.7. The van der Waals surface area contributed by atoms with Gasteiger partial charge < -0.3 is 45.7 Å². The molecule has 16 nitrogen and oxygen atoms in total. The zero-order valence-corrected chi connectivity index (χ0v) is 33.2. The van der Waals surface area contributed by atoms with Crippen molar-refractivity contribution < 1.29 is 38.8 Å². The highest BCUT2D eigenvalue weighted by molar-refractivity contribution is 5.94. The minimum Gasteiger partial charge on any atom is -0.507 e. The summed E-state index contributed by atoms with van der Waals surface area (Å²) in [7, 11) is 0. The molecule has 16 heteroatoms. The van der Waals surface area contributed by atoms with Crippen LogP contribution in [0.5, 0.6) is 5.75 Å². The Morgan fingerprint density at radius 1 is 0.965 bits per heavy atom. The van der Waals surface area contributed by atoms with Gasteiger partial charge in [0, 0.05) is 47.6 Å². The molecule has 0 saturated carbocycles. The minimum atomic E-state index is -0.745. The number of anilines is 1. The summed E-state index contributed by atoms with van der Waals surface area (Å²) in [6, 6.07) is 15.0. The molecule has 2 aromatic carbocycles. The van der Waals surface area contributed by atoms with Crippen LogP contribution in [0.15, 0.2) is 67.0 Å². The van der Waals surface area contributed by atoms with Crippen LogP contribution in [-0.2, 0) is 23.8 Å². The van der Waals surface area contributed by atoms with E-state index in [1.165, 1.54) is 0 Å². The van der Waals surface area contributed by atoms with Crippen LogP contribution in [0.1, 0.15) is 63.0 Å². The molecule has 2 aromatic heterocycles.